The minimum absolute atomic E-state index is 0.00444. The molecular formula is C13H18N4O. The molecule has 5 nitrogen and oxygen atoms in total. The molecule has 2 heterocycles. The van der Waals surface area contributed by atoms with Gasteiger partial charge in [0.15, 0.2) is 5.65 Å². The van der Waals surface area contributed by atoms with Crippen LogP contribution < -0.4 is 5.32 Å². The van der Waals surface area contributed by atoms with E-state index in [1.807, 2.05) is 33.8 Å². The summed E-state index contributed by atoms with van der Waals surface area (Å²) in [5, 5.41) is 10.7. The van der Waals surface area contributed by atoms with Crippen LogP contribution in [0.4, 0.5) is 5.69 Å². The first-order valence-corrected chi connectivity index (χ1v) is 5.96. The van der Waals surface area contributed by atoms with Crippen molar-refractivity contribution in [2.45, 2.75) is 34.1 Å². The monoisotopic (exact) mass is 246 g/mol. The molecule has 2 N–H and O–H groups in total. The van der Waals surface area contributed by atoms with Crippen molar-refractivity contribution in [1.82, 2.24) is 15.2 Å². The molecule has 0 radical (unpaired) electrons. The fraction of sp³-hybridized carbons (Fsp3) is 0.462. The van der Waals surface area contributed by atoms with Crippen LogP contribution >= 0.6 is 0 Å². The highest BCUT2D eigenvalue weighted by Crippen LogP contribution is 2.21. The lowest BCUT2D eigenvalue weighted by molar-refractivity contribution is -0.117. The minimum atomic E-state index is -0.0207. The molecule has 18 heavy (non-hydrogen) atoms. The Morgan fingerprint density at radius 1 is 1.44 bits per heavy atom. The van der Waals surface area contributed by atoms with Gasteiger partial charge >= 0.3 is 0 Å². The molecule has 0 aliphatic heterocycles. The molecule has 0 atom stereocenters. The van der Waals surface area contributed by atoms with Gasteiger partial charge in [0.2, 0.25) is 5.91 Å². The van der Waals surface area contributed by atoms with E-state index in [2.05, 4.69) is 20.5 Å². The van der Waals surface area contributed by atoms with Crippen LogP contribution in [-0.4, -0.2) is 21.1 Å². The first-order chi connectivity index (χ1) is 8.35. The molecular weight excluding hydrogens is 228 g/mol. The number of carbonyl (C=O) groups excluding carboxylic acids is 1. The summed E-state index contributed by atoms with van der Waals surface area (Å²) in [7, 11) is 0. The zero-order valence-electron chi connectivity index (χ0n) is 11.2. The predicted octanol–water partition coefficient (Wildman–Crippen LogP) is 2.64. The molecule has 0 aliphatic rings. The molecule has 5 heteroatoms. The first-order valence-electron chi connectivity index (χ1n) is 5.96. The van der Waals surface area contributed by atoms with E-state index in [1.165, 1.54) is 0 Å². The summed E-state index contributed by atoms with van der Waals surface area (Å²) < 4.78 is 0. The SMILES string of the molecule is Cc1[nH]nc2ncc(NC(=O)CC(C)(C)C)cc12. The van der Waals surface area contributed by atoms with E-state index in [1.54, 1.807) is 6.20 Å². The fourth-order valence-corrected chi connectivity index (χ4v) is 1.77. The Bertz CT molecular complexity index is 580. The molecule has 2 aromatic rings. The van der Waals surface area contributed by atoms with Gasteiger partial charge in [0.25, 0.3) is 0 Å². The predicted molar refractivity (Wildman–Crippen MR) is 71.3 cm³/mol. The van der Waals surface area contributed by atoms with Crippen molar-refractivity contribution in [3.8, 4) is 0 Å². The molecule has 0 saturated carbocycles. The van der Waals surface area contributed by atoms with Gasteiger partial charge in [-0.3, -0.25) is 9.89 Å². The number of nitrogens with zero attached hydrogens (tertiary/aromatic N) is 2. The van der Waals surface area contributed by atoms with Crippen LogP contribution in [0.2, 0.25) is 0 Å². The normalized spacial score (nSPS) is 11.8. The lowest BCUT2D eigenvalue weighted by Gasteiger charge is -2.17. The van der Waals surface area contributed by atoms with Gasteiger partial charge in [0.05, 0.1) is 11.9 Å². The van der Waals surface area contributed by atoms with Crippen LogP contribution in [0.3, 0.4) is 0 Å². The second-order valence-electron chi connectivity index (χ2n) is 5.73. The maximum Gasteiger partial charge on any atom is 0.224 e. The van der Waals surface area contributed by atoms with Crippen LogP contribution in [0.15, 0.2) is 12.3 Å². The molecule has 0 fully saturated rings. The fourth-order valence-electron chi connectivity index (χ4n) is 1.77. The number of aromatic amines is 1. The highest BCUT2D eigenvalue weighted by molar-refractivity contribution is 5.93. The summed E-state index contributed by atoms with van der Waals surface area (Å²) in [6.07, 6.45) is 2.11. The Kier molecular flexibility index (Phi) is 3.07. The number of H-pyrrole nitrogens is 1. The third kappa shape index (κ3) is 2.85. The standard InChI is InChI=1S/C13H18N4O/c1-8-10-5-9(7-14-12(10)17-16-8)15-11(18)6-13(2,3)4/h5,7H,6H2,1-4H3,(H,15,18)(H,14,16,17). The lowest BCUT2D eigenvalue weighted by Crippen LogP contribution is -2.19. The number of hydrogen-bond acceptors (Lipinski definition) is 3. The Hall–Kier alpha value is -1.91. The topological polar surface area (TPSA) is 70.7 Å². The molecule has 0 saturated heterocycles. The largest absolute Gasteiger partial charge is 0.325 e. The van der Waals surface area contributed by atoms with Crippen molar-refractivity contribution in [2.24, 2.45) is 5.41 Å². The summed E-state index contributed by atoms with van der Waals surface area (Å²) in [6.45, 7) is 8.04. The molecule has 0 unspecified atom stereocenters. The highest BCUT2D eigenvalue weighted by atomic mass is 16.1. The Labute approximate surface area is 106 Å². The van der Waals surface area contributed by atoms with E-state index >= 15 is 0 Å². The van der Waals surface area contributed by atoms with E-state index < -0.39 is 0 Å². The van der Waals surface area contributed by atoms with E-state index in [9.17, 15) is 4.79 Å². The summed E-state index contributed by atoms with van der Waals surface area (Å²) in [5.41, 5.74) is 2.31. The molecule has 2 aromatic heterocycles. The van der Waals surface area contributed by atoms with Crippen LogP contribution in [0, 0.1) is 12.3 Å². The lowest BCUT2D eigenvalue weighted by atomic mass is 9.92. The minimum Gasteiger partial charge on any atom is -0.325 e. The van der Waals surface area contributed by atoms with Crippen LogP contribution in [0.1, 0.15) is 32.9 Å². The van der Waals surface area contributed by atoms with Crippen molar-refractivity contribution in [1.29, 1.82) is 0 Å². The Morgan fingerprint density at radius 3 is 2.83 bits per heavy atom. The molecule has 0 spiro atoms. The number of nitrogens with one attached hydrogen (secondary N) is 2. The third-order valence-electron chi connectivity index (χ3n) is 2.57. The van der Waals surface area contributed by atoms with Gasteiger partial charge in [-0.2, -0.15) is 5.10 Å². The second-order valence-corrected chi connectivity index (χ2v) is 5.73. The van der Waals surface area contributed by atoms with E-state index in [-0.39, 0.29) is 11.3 Å². The number of pyridine rings is 1. The molecule has 0 bridgehead atoms. The molecule has 0 aliphatic carbocycles. The van der Waals surface area contributed by atoms with Crippen LogP contribution in [0.25, 0.3) is 11.0 Å². The summed E-state index contributed by atoms with van der Waals surface area (Å²) in [4.78, 5) is 16.0. The van der Waals surface area contributed by atoms with Gasteiger partial charge in [-0.05, 0) is 18.4 Å². The number of hydrogen-bond donors (Lipinski definition) is 2. The highest BCUT2D eigenvalue weighted by Gasteiger charge is 2.16. The molecule has 0 aromatic carbocycles. The second kappa shape index (κ2) is 4.40. The Morgan fingerprint density at radius 2 is 2.17 bits per heavy atom. The van der Waals surface area contributed by atoms with Crippen molar-refractivity contribution >= 4 is 22.6 Å². The van der Waals surface area contributed by atoms with Crippen molar-refractivity contribution < 1.29 is 4.79 Å². The summed E-state index contributed by atoms with van der Waals surface area (Å²) >= 11 is 0. The zero-order chi connectivity index (χ0) is 13.3. The first kappa shape index (κ1) is 12.5. The molecule has 96 valence electrons. The average Bonchev–Trinajstić information content (AvgIpc) is 2.57. The van der Waals surface area contributed by atoms with E-state index in [4.69, 9.17) is 0 Å². The van der Waals surface area contributed by atoms with Gasteiger partial charge in [-0.25, -0.2) is 4.98 Å². The van der Waals surface area contributed by atoms with E-state index in [0.717, 1.165) is 11.1 Å². The van der Waals surface area contributed by atoms with Crippen LogP contribution in [-0.2, 0) is 4.79 Å². The number of anilines is 1. The van der Waals surface area contributed by atoms with Gasteiger partial charge in [-0.15, -0.1) is 0 Å². The van der Waals surface area contributed by atoms with Crippen molar-refractivity contribution in [2.75, 3.05) is 5.32 Å². The van der Waals surface area contributed by atoms with E-state index in [0.29, 0.717) is 17.8 Å². The smallest absolute Gasteiger partial charge is 0.224 e. The number of fused-ring (bicyclic) bond motifs is 1. The summed E-state index contributed by atoms with van der Waals surface area (Å²) in [5.74, 6) is 0.00444. The number of amides is 1. The van der Waals surface area contributed by atoms with Crippen molar-refractivity contribution in [3.63, 3.8) is 0 Å². The van der Waals surface area contributed by atoms with Gasteiger partial charge < -0.3 is 5.32 Å². The van der Waals surface area contributed by atoms with Crippen molar-refractivity contribution in [3.05, 3.63) is 18.0 Å². The third-order valence-corrected chi connectivity index (χ3v) is 2.57. The van der Waals surface area contributed by atoms with Gasteiger partial charge in [-0.1, -0.05) is 20.8 Å². The Balaban J connectivity index is 2.17. The van der Waals surface area contributed by atoms with Gasteiger partial charge in [0.1, 0.15) is 0 Å². The van der Waals surface area contributed by atoms with Crippen LogP contribution in [0.5, 0.6) is 0 Å². The van der Waals surface area contributed by atoms with Gasteiger partial charge in [0, 0.05) is 17.5 Å². The number of aryl methyl sites for hydroxylation is 1. The number of aromatic nitrogens is 3. The summed E-state index contributed by atoms with van der Waals surface area (Å²) in [6, 6.07) is 1.89. The quantitative estimate of drug-likeness (QED) is 0.855. The zero-order valence-corrected chi connectivity index (χ0v) is 11.2. The maximum atomic E-state index is 11.8. The number of rotatable bonds is 2. The average molecular weight is 246 g/mol. The maximum absolute atomic E-state index is 11.8. The molecule has 1 amide bonds. The number of carbonyl (C=O) groups is 1. The molecule has 2 rings (SSSR count).